The van der Waals surface area contributed by atoms with Gasteiger partial charge in [-0.2, -0.15) is 16.9 Å². The molecule has 1 aliphatic carbocycles. The molecule has 0 saturated carbocycles. The summed E-state index contributed by atoms with van der Waals surface area (Å²) in [7, 11) is 0. The van der Waals surface area contributed by atoms with E-state index >= 15 is 0 Å². The number of nitrogens with one attached hydrogen (secondary N) is 1. The second-order valence-corrected chi connectivity index (χ2v) is 8.45. The summed E-state index contributed by atoms with van der Waals surface area (Å²) in [4.78, 5) is 0. The van der Waals surface area contributed by atoms with Gasteiger partial charge in [0.2, 0.25) is 0 Å². The van der Waals surface area contributed by atoms with Gasteiger partial charge in [-0.25, -0.2) is 4.68 Å². The van der Waals surface area contributed by atoms with Crippen LogP contribution in [0.1, 0.15) is 54.1 Å². The van der Waals surface area contributed by atoms with E-state index in [1.807, 2.05) is 0 Å². The second-order valence-electron chi connectivity index (χ2n) is 7.23. The first kappa shape index (κ1) is 16.2. The van der Waals surface area contributed by atoms with Gasteiger partial charge in [0.25, 0.3) is 0 Å². The minimum absolute atomic E-state index is 0.488. The third kappa shape index (κ3) is 3.14. The van der Waals surface area contributed by atoms with Gasteiger partial charge in [0, 0.05) is 23.3 Å². The topological polar surface area (TPSA) is 29.9 Å². The van der Waals surface area contributed by atoms with Crippen LogP contribution in [0, 0.1) is 13.8 Å². The van der Waals surface area contributed by atoms with Crippen molar-refractivity contribution in [3.63, 3.8) is 0 Å². The van der Waals surface area contributed by atoms with Gasteiger partial charge >= 0.3 is 0 Å². The Morgan fingerprint density at radius 2 is 1.96 bits per heavy atom. The number of rotatable bonds is 3. The number of thioether (sulfide) groups is 1. The maximum absolute atomic E-state index is 4.75. The first-order chi connectivity index (χ1) is 11.7. The predicted molar refractivity (Wildman–Crippen MR) is 102 cm³/mol. The van der Waals surface area contributed by atoms with E-state index in [0.717, 1.165) is 6.42 Å². The van der Waals surface area contributed by atoms with Crippen LogP contribution in [0.5, 0.6) is 0 Å². The molecule has 0 spiro atoms. The van der Waals surface area contributed by atoms with Crippen molar-refractivity contribution in [1.82, 2.24) is 15.1 Å². The highest BCUT2D eigenvalue weighted by atomic mass is 32.2. The average Bonchev–Trinajstić information content (AvgIpc) is 3.03. The van der Waals surface area contributed by atoms with Gasteiger partial charge in [0.05, 0.1) is 11.9 Å². The minimum atomic E-state index is 0.488. The molecule has 1 unspecified atom stereocenters. The summed E-state index contributed by atoms with van der Waals surface area (Å²) in [5.74, 6) is 2.61. The second kappa shape index (κ2) is 6.93. The lowest BCUT2D eigenvalue weighted by atomic mass is 9.91. The van der Waals surface area contributed by atoms with E-state index in [1.54, 1.807) is 0 Å². The molecule has 4 heteroatoms. The molecule has 1 aromatic heterocycles. The Bertz CT molecular complexity index is 716. The van der Waals surface area contributed by atoms with Crippen LogP contribution in [0.25, 0.3) is 5.69 Å². The van der Waals surface area contributed by atoms with Crippen LogP contribution in [0.2, 0.25) is 0 Å². The van der Waals surface area contributed by atoms with Crippen molar-refractivity contribution in [2.75, 3.05) is 11.5 Å². The van der Waals surface area contributed by atoms with Crippen molar-refractivity contribution in [3.05, 3.63) is 46.8 Å². The molecule has 0 bridgehead atoms. The number of aromatic nitrogens is 2. The normalized spacial score (nSPS) is 21.7. The van der Waals surface area contributed by atoms with Crippen LogP contribution in [0.15, 0.2) is 24.4 Å². The summed E-state index contributed by atoms with van der Waals surface area (Å²) < 4.78 is 2.17. The van der Waals surface area contributed by atoms with Crippen LogP contribution < -0.4 is 5.32 Å². The first-order valence-corrected chi connectivity index (χ1v) is 10.4. The number of aryl methyl sites for hydroxylation is 2. The molecule has 1 atom stereocenters. The molecule has 2 aromatic rings. The van der Waals surface area contributed by atoms with Gasteiger partial charge in [-0.3, -0.25) is 0 Å². The third-order valence-corrected chi connectivity index (χ3v) is 6.62. The molecule has 0 amide bonds. The highest BCUT2D eigenvalue weighted by molar-refractivity contribution is 7.99. The fourth-order valence-electron chi connectivity index (χ4n) is 3.96. The SMILES string of the molecule is Cc1ccc(-n2ncc3c2CCCC3NC2CCSCC2)cc1C. The summed E-state index contributed by atoms with van der Waals surface area (Å²) in [5.41, 5.74) is 6.72. The Balaban J connectivity index is 1.60. The average molecular weight is 342 g/mol. The number of hydrogen-bond donors (Lipinski definition) is 1. The fourth-order valence-corrected chi connectivity index (χ4v) is 5.07. The van der Waals surface area contributed by atoms with E-state index in [1.165, 1.54) is 65.3 Å². The largest absolute Gasteiger partial charge is 0.307 e. The van der Waals surface area contributed by atoms with Crippen molar-refractivity contribution in [3.8, 4) is 5.69 Å². The van der Waals surface area contributed by atoms with Crippen molar-refractivity contribution in [2.24, 2.45) is 0 Å². The zero-order chi connectivity index (χ0) is 16.5. The van der Waals surface area contributed by atoms with E-state index in [9.17, 15) is 0 Å². The van der Waals surface area contributed by atoms with Gasteiger partial charge < -0.3 is 5.32 Å². The third-order valence-electron chi connectivity index (χ3n) is 5.58. The van der Waals surface area contributed by atoms with Gasteiger partial charge in [0.15, 0.2) is 0 Å². The Labute approximate surface area is 149 Å². The minimum Gasteiger partial charge on any atom is -0.307 e. The van der Waals surface area contributed by atoms with E-state index in [4.69, 9.17) is 5.10 Å². The van der Waals surface area contributed by atoms with Crippen molar-refractivity contribution >= 4 is 11.8 Å². The first-order valence-electron chi connectivity index (χ1n) is 9.20. The maximum atomic E-state index is 4.75. The van der Waals surface area contributed by atoms with Crippen LogP contribution in [-0.2, 0) is 6.42 Å². The highest BCUT2D eigenvalue weighted by Gasteiger charge is 2.27. The molecule has 128 valence electrons. The van der Waals surface area contributed by atoms with Crippen LogP contribution in [0.3, 0.4) is 0 Å². The molecular formula is C20H27N3S. The molecule has 1 fully saturated rings. The monoisotopic (exact) mass is 341 g/mol. The Morgan fingerprint density at radius 3 is 2.75 bits per heavy atom. The zero-order valence-corrected chi connectivity index (χ0v) is 15.5. The summed E-state index contributed by atoms with van der Waals surface area (Å²) in [6, 6.07) is 7.84. The predicted octanol–water partition coefficient (Wildman–Crippen LogP) is 4.35. The summed E-state index contributed by atoms with van der Waals surface area (Å²) in [6.07, 6.45) is 8.36. The lowest BCUT2D eigenvalue weighted by Gasteiger charge is -2.31. The standard InChI is InChI=1S/C20H27N3S/c1-14-6-7-17(12-15(14)2)23-20-5-3-4-19(18(20)13-21-23)22-16-8-10-24-11-9-16/h6-7,12-13,16,19,22H,3-5,8-11H2,1-2H3. The Morgan fingerprint density at radius 1 is 1.12 bits per heavy atom. The molecule has 24 heavy (non-hydrogen) atoms. The molecule has 2 aliphatic rings. The molecular weight excluding hydrogens is 314 g/mol. The number of nitrogens with zero attached hydrogens (tertiary/aromatic N) is 2. The van der Waals surface area contributed by atoms with Gasteiger partial charge in [-0.15, -0.1) is 0 Å². The van der Waals surface area contributed by atoms with Gasteiger partial charge in [-0.1, -0.05) is 6.07 Å². The molecule has 4 rings (SSSR count). The van der Waals surface area contributed by atoms with E-state index in [-0.39, 0.29) is 0 Å². The van der Waals surface area contributed by atoms with E-state index < -0.39 is 0 Å². The molecule has 1 aliphatic heterocycles. The molecule has 1 aromatic carbocycles. The lowest BCUT2D eigenvalue weighted by molar-refractivity contribution is 0.377. The maximum Gasteiger partial charge on any atom is 0.0651 e. The molecule has 1 saturated heterocycles. The molecule has 3 nitrogen and oxygen atoms in total. The van der Waals surface area contributed by atoms with E-state index in [0.29, 0.717) is 12.1 Å². The Kier molecular flexibility index (Phi) is 4.68. The smallest absolute Gasteiger partial charge is 0.0651 e. The molecule has 1 N–H and O–H groups in total. The summed E-state index contributed by atoms with van der Waals surface area (Å²) in [5, 5.41) is 8.69. The number of fused-ring (bicyclic) bond motifs is 1. The quantitative estimate of drug-likeness (QED) is 0.900. The van der Waals surface area contributed by atoms with Crippen LogP contribution in [0.4, 0.5) is 0 Å². The summed E-state index contributed by atoms with van der Waals surface area (Å²) >= 11 is 2.09. The molecule has 0 radical (unpaired) electrons. The number of benzene rings is 1. The van der Waals surface area contributed by atoms with Gasteiger partial charge in [-0.05, 0) is 80.7 Å². The fraction of sp³-hybridized carbons (Fsp3) is 0.550. The summed E-state index contributed by atoms with van der Waals surface area (Å²) in [6.45, 7) is 4.35. The highest BCUT2D eigenvalue weighted by Crippen LogP contribution is 2.33. The lowest BCUT2D eigenvalue weighted by Crippen LogP contribution is -2.37. The molecule has 2 heterocycles. The van der Waals surface area contributed by atoms with Crippen molar-refractivity contribution in [1.29, 1.82) is 0 Å². The van der Waals surface area contributed by atoms with E-state index in [2.05, 4.69) is 60.0 Å². The van der Waals surface area contributed by atoms with Crippen LogP contribution in [-0.4, -0.2) is 27.3 Å². The van der Waals surface area contributed by atoms with Crippen LogP contribution >= 0.6 is 11.8 Å². The van der Waals surface area contributed by atoms with Gasteiger partial charge in [0.1, 0.15) is 0 Å². The number of hydrogen-bond acceptors (Lipinski definition) is 3. The Hall–Kier alpha value is -1.26. The zero-order valence-electron chi connectivity index (χ0n) is 14.7. The van der Waals surface area contributed by atoms with Crippen molar-refractivity contribution < 1.29 is 0 Å². The van der Waals surface area contributed by atoms with Crippen molar-refractivity contribution in [2.45, 2.75) is 58.0 Å².